The number of carbonyl (C=O) groups excluding carboxylic acids is 1. The molecular formula is C11H11ClN2O. The van der Waals surface area contributed by atoms with Crippen LogP contribution in [0.15, 0.2) is 18.3 Å². The lowest BCUT2D eigenvalue weighted by atomic mass is 10.2. The van der Waals surface area contributed by atoms with E-state index in [9.17, 15) is 4.79 Å². The number of hydrogen-bond acceptors (Lipinski definition) is 2. The lowest BCUT2D eigenvalue weighted by Crippen LogP contribution is -1.95. The van der Waals surface area contributed by atoms with Gasteiger partial charge in [0, 0.05) is 19.0 Å². The number of pyridine rings is 1. The fraction of sp³-hybridized carbons (Fsp3) is 0.273. The van der Waals surface area contributed by atoms with E-state index >= 15 is 0 Å². The van der Waals surface area contributed by atoms with Crippen molar-refractivity contribution in [3.8, 4) is 0 Å². The highest BCUT2D eigenvalue weighted by atomic mass is 35.5. The molecule has 0 N–H and O–H groups in total. The second kappa shape index (κ2) is 4.03. The van der Waals surface area contributed by atoms with E-state index in [0.29, 0.717) is 11.6 Å². The fourth-order valence-electron chi connectivity index (χ4n) is 1.62. The summed E-state index contributed by atoms with van der Waals surface area (Å²) in [6.07, 6.45) is 4.06. The summed E-state index contributed by atoms with van der Waals surface area (Å²) in [6.45, 7) is 2.03. The molecule has 0 unspecified atom stereocenters. The Labute approximate surface area is 92.7 Å². The van der Waals surface area contributed by atoms with Gasteiger partial charge >= 0.3 is 0 Å². The summed E-state index contributed by atoms with van der Waals surface area (Å²) in [5, 5.41) is 0.518. The number of rotatable bonds is 3. The summed E-state index contributed by atoms with van der Waals surface area (Å²) in [5.41, 5.74) is 1.87. The maximum absolute atomic E-state index is 10.4. The quantitative estimate of drug-likeness (QED) is 0.747. The van der Waals surface area contributed by atoms with Crippen LogP contribution in [0.1, 0.15) is 18.3 Å². The van der Waals surface area contributed by atoms with E-state index in [0.717, 1.165) is 29.6 Å². The van der Waals surface area contributed by atoms with Crippen molar-refractivity contribution >= 4 is 23.4 Å². The van der Waals surface area contributed by atoms with E-state index in [1.165, 1.54) is 0 Å². The third kappa shape index (κ3) is 1.75. The minimum absolute atomic E-state index is 0.425. The lowest BCUT2D eigenvalue weighted by Gasteiger charge is -2.00. The van der Waals surface area contributed by atoms with Gasteiger partial charge in [0.05, 0.1) is 5.52 Å². The average molecular weight is 223 g/mol. The first-order chi connectivity index (χ1) is 7.26. The first kappa shape index (κ1) is 10.2. The molecule has 0 saturated carbocycles. The van der Waals surface area contributed by atoms with Crippen molar-refractivity contribution in [1.82, 2.24) is 9.38 Å². The van der Waals surface area contributed by atoms with Gasteiger partial charge in [0.15, 0.2) is 5.15 Å². The molecule has 2 rings (SSSR count). The van der Waals surface area contributed by atoms with E-state index < -0.39 is 0 Å². The van der Waals surface area contributed by atoms with Crippen LogP contribution in [-0.2, 0) is 17.6 Å². The molecule has 0 atom stereocenters. The van der Waals surface area contributed by atoms with Crippen LogP contribution in [0.3, 0.4) is 0 Å². The zero-order valence-electron chi connectivity index (χ0n) is 8.40. The van der Waals surface area contributed by atoms with Gasteiger partial charge in [-0.15, -0.1) is 0 Å². The molecule has 0 aliphatic rings. The van der Waals surface area contributed by atoms with Crippen molar-refractivity contribution in [2.75, 3.05) is 0 Å². The molecule has 2 aromatic rings. The Kier molecular flexibility index (Phi) is 2.73. The Morgan fingerprint density at radius 1 is 1.53 bits per heavy atom. The predicted molar refractivity (Wildman–Crippen MR) is 59.3 cm³/mol. The Bertz CT molecular complexity index is 505. The van der Waals surface area contributed by atoms with Gasteiger partial charge in [-0.2, -0.15) is 0 Å². The zero-order valence-corrected chi connectivity index (χ0v) is 9.16. The number of hydrogen-bond donors (Lipinski definition) is 0. The zero-order chi connectivity index (χ0) is 10.8. The number of nitrogens with zero attached hydrogens (tertiary/aromatic N) is 2. The van der Waals surface area contributed by atoms with Gasteiger partial charge in [-0.05, 0) is 11.6 Å². The highest BCUT2D eigenvalue weighted by molar-refractivity contribution is 6.32. The standard InChI is InChI=1S/C11H11ClN2O/c1-2-10-13-11(12)9-4-3-8(5-6-15)7-14(9)10/h3-4,6-7H,2,5H2,1H3. The highest BCUT2D eigenvalue weighted by Gasteiger charge is 2.07. The number of carbonyl (C=O) groups is 1. The van der Waals surface area contributed by atoms with Crippen LogP contribution in [0.25, 0.3) is 5.52 Å². The van der Waals surface area contributed by atoms with Gasteiger partial charge in [0.25, 0.3) is 0 Å². The van der Waals surface area contributed by atoms with Crippen LogP contribution >= 0.6 is 11.6 Å². The number of halogens is 1. The summed E-state index contributed by atoms with van der Waals surface area (Å²) in [4.78, 5) is 14.7. The summed E-state index contributed by atoms with van der Waals surface area (Å²) in [7, 11) is 0. The third-order valence-corrected chi connectivity index (χ3v) is 2.64. The Morgan fingerprint density at radius 2 is 2.33 bits per heavy atom. The number of fused-ring (bicyclic) bond motifs is 1. The number of imidazole rings is 1. The smallest absolute Gasteiger partial charge is 0.155 e. The molecule has 0 aliphatic heterocycles. The van der Waals surface area contributed by atoms with E-state index in [4.69, 9.17) is 11.6 Å². The minimum Gasteiger partial charge on any atom is -0.303 e. The average Bonchev–Trinajstić information content (AvgIpc) is 2.56. The van der Waals surface area contributed by atoms with E-state index in [1.54, 1.807) is 0 Å². The van der Waals surface area contributed by atoms with Crippen molar-refractivity contribution in [2.24, 2.45) is 0 Å². The van der Waals surface area contributed by atoms with Crippen LogP contribution in [0.4, 0.5) is 0 Å². The van der Waals surface area contributed by atoms with Gasteiger partial charge in [-0.1, -0.05) is 24.6 Å². The topological polar surface area (TPSA) is 34.4 Å². The minimum atomic E-state index is 0.425. The molecule has 0 bridgehead atoms. The molecule has 3 nitrogen and oxygen atoms in total. The first-order valence-electron chi connectivity index (χ1n) is 4.85. The second-order valence-electron chi connectivity index (χ2n) is 3.34. The van der Waals surface area contributed by atoms with Gasteiger partial charge < -0.3 is 9.20 Å². The monoisotopic (exact) mass is 222 g/mol. The van der Waals surface area contributed by atoms with Crippen molar-refractivity contribution in [1.29, 1.82) is 0 Å². The maximum Gasteiger partial charge on any atom is 0.155 e. The summed E-state index contributed by atoms with van der Waals surface area (Å²) >= 11 is 5.98. The van der Waals surface area contributed by atoms with Crippen LogP contribution in [-0.4, -0.2) is 15.7 Å². The highest BCUT2D eigenvalue weighted by Crippen LogP contribution is 2.19. The molecule has 0 radical (unpaired) electrons. The lowest BCUT2D eigenvalue weighted by molar-refractivity contribution is -0.107. The molecule has 0 aliphatic carbocycles. The second-order valence-corrected chi connectivity index (χ2v) is 3.69. The largest absolute Gasteiger partial charge is 0.303 e. The fourth-order valence-corrected chi connectivity index (χ4v) is 1.87. The van der Waals surface area contributed by atoms with Crippen LogP contribution in [0, 0.1) is 0 Å². The Morgan fingerprint density at radius 3 is 3.00 bits per heavy atom. The molecule has 2 aromatic heterocycles. The summed E-state index contributed by atoms with van der Waals surface area (Å²) in [5.74, 6) is 0.919. The van der Waals surface area contributed by atoms with Crippen molar-refractivity contribution in [3.63, 3.8) is 0 Å². The number of aromatic nitrogens is 2. The molecular weight excluding hydrogens is 212 g/mol. The van der Waals surface area contributed by atoms with Crippen LogP contribution in [0.2, 0.25) is 5.15 Å². The predicted octanol–water partition coefficient (Wildman–Crippen LogP) is 2.29. The normalized spacial score (nSPS) is 10.8. The molecule has 15 heavy (non-hydrogen) atoms. The molecule has 0 saturated heterocycles. The molecule has 78 valence electrons. The number of aldehydes is 1. The van der Waals surface area contributed by atoms with Gasteiger partial charge in [-0.3, -0.25) is 0 Å². The van der Waals surface area contributed by atoms with Gasteiger partial charge in [0.1, 0.15) is 12.1 Å². The molecule has 4 heteroatoms. The van der Waals surface area contributed by atoms with Crippen molar-refractivity contribution in [2.45, 2.75) is 19.8 Å². The number of aryl methyl sites for hydroxylation is 1. The van der Waals surface area contributed by atoms with Crippen LogP contribution < -0.4 is 0 Å². The summed E-state index contributed by atoms with van der Waals surface area (Å²) in [6, 6.07) is 3.80. The van der Waals surface area contributed by atoms with E-state index in [2.05, 4.69) is 4.98 Å². The molecule has 0 fully saturated rings. The van der Waals surface area contributed by atoms with E-state index in [-0.39, 0.29) is 0 Å². The molecule has 0 amide bonds. The third-order valence-electron chi connectivity index (χ3n) is 2.36. The Hall–Kier alpha value is -1.35. The molecule has 0 spiro atoms. The van der Waals surface area contributed by atoms with Crippen molar-refractivity contribution in [3.05, 3.63) is 34.9 Å². The summed E-state index contributed by atoms with van der Waals surface area (Å²) < 4.78 is 1.95. The molecule has 2 heterocycles. The Balaban J connectivity index is 2.62. The SMILES string of the molecule is CCc1nc(Cl)c2ccc(CC=O)cn12. The van der Waals surface area contributed by atoms with E-state index in [1.807, 2.05) is 29.7 Å². The maximum atomic E-state index is 10.4. The first-order valence-corrected chi connectivity index (χ1v) is 5.23. The van der Waals surface area contributed by atoms with Crippen molar-refractivity contribution < 1.29 is 4.79 Å². The van der Waals surface area contributed by atoms with Gasteiger partial charge in [-0.25, -0.2) is 4.98 Å². The van der Waals surface area contributed by atoms with Gasteiger partial charge in [0.2, 0.25) is 0 Å². The molecule has 0 aromatic carbocycles. The van der Waals surface area contributed by atoms with Crippen LogP contribution in [0.5, 0.6) is 0 Å².